The van der Waals surface area contributed by atoms with Gasteiger partial charge in [0.15, 0.2) is 5.82 Å². The molecule has 2 aromatic rings. The molecule has 0 atom stereocenters. The summed E-state index contributed by atoms with van der Waals surface area (Å²) < 4.78 is 6.93. The summed E-state index contributed by atoms with van der Waals surface area (Å²) in [7, 11) is 1.57. The van der Waals surface area contributed by atoms with E-state index in [0.717, 1.165) is 0 Å². The van der Waals surface area contributed by atoms with E-state index in [0.29, 0.717) is 42.3 Å². The molecule has 0 fully saturated rings. The first-order valence-corrected chi connectivity index (χ1v) is 7.96. The molecule has 0 radical (unpaired) electrons. The molecule has 0 aliphatic heterocycles. The van der Waals surface area contributed by atoms with Crippen molar-refractivity contribution in [2.24, 2.45) is 11.1 Å². The molecule has 8 nitrogen and oxygen atoms in total. The summed E-state index contributed by atoms with van der Waals surface area (Å²) in [5.74, 6) is 1.15. The Morgan fingerprint density at radius 3 is 2.52 bits per heavy atom. The van der Waals surface area contributed by atoms with Gasteiger partial charge in [-0.15, -0.1) is 17.5 Å². The normalized spacial score (nSPS) is 10.9. The number of nitrogens with zero attached hydrogens (tertiary/aromatic N) is 4. The van der Waals surface area contributed by atoms with Crippen LogP contribution in [0.15, 0.2) is 18.2 Å². The summed E-state index contributed by atoms with van der Waals surface area (Å²) in [6.45, 7) is 6.04. The number of rotatable bonds is 7. The van der Waals surface area contributed by atoms with Crippen LogP contribution in [0.4, 0.5) is 5.69 Å². The smallest absolute Gasteiger partial charge is 0.231 e. The second-order valence-electron chi connectivity index (χ2n) is 5.67. The fourth-order valence-corrected chi connectivity index (χ4v) is 2.60. The number of ether oxygens (including phenoxy) is 1. The van der Waals surface area contributed by atoms with Gasteiger partial charge in [-0.1, -0.05) is 13.8 Å². The maximum atomic E-state index is 12.7. The van der Waals surface area contributed by atoms with Crippen molar-refractivity contribution in [2.45, 2.75) is 33.6 Å². The summed E-state index contributed by atoms with van der Waals surface area (Å²) in [6.07, 6.45) is 1.36. The number of tetrazole rings is 1. The maximum absolute atomic E-state index is 12.7. The second kappa shape index (κ2) is 8.77. The lowest BCUT2D eigenvalue weighted by Gasteiger charge is -2.28. The molecule has 2 rings (SSSR count). The number of aryl methyl sites for hydroxylation is 1. The van der Waals surface area contributed by atoms with Gasteiger partial charge in [0.05, 0.1) is 12.5 Å². The van der Waals surface area contributed by atoms with Crippen molar-refractivity contribution in [3.63, 3.8) is 0 Å². The first-order valence-electron chi connectivity index (χ1n) is 7.96. The maximum Gasteiger partial charge on any atom is 0.231 e. The number of anilines is 1. The van der Waals surface area contributed by atoms with E-state index in [1.165, 1.54) is 0 Å². The van der Waals surface area contributed by atoms with E-state index in [4.69, 9.17) is 10.5 Å². The molecule has 1 aromatic heterocycles. The van der Waals surface area contributed by atoms with Crippen LogP contribution < -0.4 is 15.8 Å². The van der Waals surface area contributed by atoms with Crippen molar-refractivity contribution >= 4 is 24.0 Å². The first kappa shape index (κ1) is 20.9. The van der Waals surface area contributed by atoms with Gasteiger partial charge in [-0.3, -0.25) is 4.79 Å². The fraction of sp³-hybridized carbons (Fsp3) is 0.500. The van der Waals surface area contributed by atoms with Crippen molar-refractivity contribution in [1.29, 1.82) is 0 Å². The van der Waals surface area contributed by atoms with E-state index < -0.39 is 5.41 Å². The number of methoxy groups -OCH3 is 1. The number of nitrogens with two attached hydrogens (primary N) is 1. The van der Waals surface area contributed by atoms with Crippen LogP contribution in [0.2, 0.25) is 0 Å². The Labute approximate surface area is 153 Å². The van der Waals surface area contributed by atoms with Gasteiger partial charge in [0.25, 0.3) is 0 Å². The molecule has 0 bridgehead atoms. The summed E-state index contributed by atoms with van der Waals surface area (Å²) in [4.78, 5) is 12.7. The second-order valence-corrected chi connectivity index (χ2v) is 5.67. The zero-order valence-corrected chi connectivity index (χ0v) is 15.8. The lowest BCUT2D eigenvalue weighted by atomic mass is 9.81. The molecule has 0 spiro atoms. The van der Waals surface area contributed by atoms with Gasteiger partial charge in [-0.2, -0.15) is 4.68 Å². The number of amides is 1. The third kappa shape index (κ3) is 4.08. The van der Waals surface area contributed by atoms with Crippen molar-refractivity contribution in [3.05, 3.63) is 24.0 Å². The van der Waals surface area contributed by atoms with Gasteiger partial charge in [-0.25, -0.2) is 0 Å². The van der Waals surface area contributed by atoms with Crippen LogP contribution in [0.3, 0.4) is 0 Å². The van der Waals surface area contributed by atoms with E-state index in [-0.39, 0.29) is 18.3 Å². The Morgan fingerprint density at radius 1 is 1.36 bits per heavy atom. The van der Waals surface area contributed by atoms with Crippen LogP contribution in [0, 0.1) is 12.3 Å². The number of hydrogen-bond donors (Lipinski definition) is 2. The lowest BCUT2D eigenvalue weighted by Crippen LogP contribution is -2.41. The Bertz CT molecular complexity index is 706. The van der Waals surface area contributed by atoms with Crippen LogP contribution in [-0.4, -0.2) is 39.8 Å². The number of hydrogen-bond acceptors (Lipinski definition) is 6. The average Bonchev–Trinajstić information content (AvgIpc) is 3.03. The van der Waals surface area contributed by atoms with Crippen LogP contribution >= 0.6 is 12.4 Å². The third-order valence-corrected chi connectivity index (χ3v) is 4.52. The Hall–Kier alpha value is -2.19. The SMILES string of the molecule is CCC(CC)(CN)C(=O)Nc1ccc(OC)c(-n2nnnc2C)c1.Cl. The minimum atomic E-state index is -0.565. The topological polar surface area (TPSA) is 108 Å². The molecule has 138 valence electrons. The molecule has 1 aromatic carbocycles. The van der Waals surface area contributed by atoms with Crippen molar-refractivity contribution < 1.29 is 9.53 Å². The Morgan fingerprint density at radius 2 is 2.04 bits per heavy atom. The summed E-state index contributed by atoms with van der Waals surface area (Å²) in [5.41, 5.74) is 6.58. The molecule has 0 unspecified atom stereocenters. The average molecular weight is 369 g/mol. The molecular formula is C16H25ClN6O2. The van der Waals surface area contributed by atoms with Gasteiger partial charge in [0.1, 0.15) is 11.4 Å². The molecular weight excluding hydrogens is 344 g/mol. The molecule has 0 saturated carbocycles. The molecule has 3 N–H and O–H groups in total. The number of aromatic nitrogens is 4. The highest BCUT2D eigenvalue weighted by atomic mass is 35.5. The minimum absolute atomic E-state index is 0. The van der Waals surface area contributed by atoms with Gasteiger partial charge in [-0.05, 0) is 48.4 Å². The van der Waals surface area contributed by atoms with Gasteiger partial charge < -0.3 is 15.8 Å². The van der Waals surface area contributed by atoms with Crippen molar-refractivity contribution in [1.82, 2.24) is 20.2 Å². The fourth-order valence-electron chi connectivity index (χ4n) is 2.60. The highest BCUT2D eigenvalue weighted by Gasteiger charge is 2.33. The minimum Gasteiger partial charge on any atom is -0.494 e. The van der Waals surface area contributed by atoms with Gasteiger partial charge in [0, 0.05) is 12.2 Å². The van der Waals surface area contributed by atoms with E-state index in [2.05, 4.69) is 20.8 Å². The molecule has 0 saturated heterocycles. The molecule has 0 aliphatic carbocycles. The first-order chi connectivity index (χ1) is 11.5. The Kier molecular flexibility index (Phi) is 7.32. The monoisotopic (exact) mass is 368 g/mol. The Balaban J connectivity index is 0.00000312. The van der Waals surface area contributed by atoms with Crippen LogP contribution in [0.5, 0.6) is 5.75 Å². The highest BCUT2D eigenvalue weighted by molar-refractivity contribution is 5.95. The third-order valence-electron chi connectivity index (χ3n) is 4.52. The number of benzene rings is 1. The van der Waals surface area contributed by atoms with E-state index in [1.807, 2.05) is 13.8 Å². The predicted octanol–water partition coefficient (Wildman–Crippen LogP) is 2.10. The van der Waals surface area contributed by atoms with Gasteiger partial charge in [0.2, 0.25) is 5.91 Å². The van der Waals surface area contributed by atoms with Crippen LogP contribution in [-0.2, 0) is 4.79 Å². The van der Waals surface area contributed by atoms with E-state index in [1.54, 1.807) is 36.9 Å². The zero-order chi connectivity index (χ0) is 17.7. The molecule has 0 aliphatic rings. The zero-order valence-electron chi connectivity index (χ0n) is 14.9. The molecule has 9 heteroatoms. The lowest BCUT2D eigenvalue weighted by molar-refractivity contribution is -0.125. The molecule has 25 heavy (non-hydrogen) atoms. The number of carbonyl (C=O) groups is 1. The van der Waals surface area contributed by atoms with Gasteiger partial charge >= 0.3 is 0 Å². The van der Waals surface area contributed by atoms with Crippen molar-refractivity contribution in [3.8, 4) is 11.4 Å². The highest BCUT2D eigenvalue weighted by Crippen LogP contribution is 2.30. The standard InChI is InChI=1S/C16H24N6O2.ClH/c1-5-16(6-2,10-17)15(23)18-12-7-8-14(24-4)13(9-12)22-11(3)19-20-21-22;/h7-9H,5-6,10,17H2,1-4H3,(H,18,23);1H. The largest absolute Gasteiger partial charge is 0.494 e. The van der Waals surface area contributed by atoms with E-state index >= 15 is 0 Å². The summed E-state index contributed by atoms with van der Waals surface area (Å²) in [5, 5.41) is 14.4. The number of halogens is 1. The van der Waals surface area contributed by atoms with E-state index in [9.17, 15) is 4.79 Å². The number of nitrogens with one attached hydrogen (secondary N) is 1. The molecule has 1 heterocycles. The molecule has 1 amide bonds. The quantitative estimate of drug-likeness (QED) is 0.774. The predicted molar refractivity (Wildman–Crippen MR) is 98.4 cm³/mol. The summed E-state index contributed by atoms with van der Waals surface area (Å²) in [6, 6.07) is 5.34. The van der Waals surface area contributed by atoms with Crippen LogP contribution in [0.25, 0.3) is 5.69 Å². The van der Waals surface area contributed by atoms with Crippen LogP contribution in [0.1, 0.15) is 32.5 Å². The summed E-state index contributed by atoms with van der Waals surface area (Å²) >= 11 is 0. The van der Waals surface area contributed by atoms with Crippen molar-refractivity contribution in [2.75, 3.05) is 19.0 Å². The number of carbonyl (C=O) groups excluding carboxylic acids is 1.